The van der Waals surface area contributed by atoms with Crippen LogP contribution < -0.4 is 10.6 Å². The number of benzene rings is 1. The molecule has 1 aromatic heterocycles. The molecule has 0 saturated carbocycles. The van der Waals surface area contributed by atoms with Crippen LogP contribution in [0.15, 0.2) is 51.8 Å². The van der Waals surface area contributed by atoms with Crippen LogP contribution in [0.1, 0.15) is 13.3 Å². The van der Waals surface area contributed by atoms with Gasteiger partial charge in [0.1, 0.15) is 0 Å². The minimum atomic E-state index is -3.30. The Morgan fingerprint density at radius 1 is 1.37 bits per heavy atom. The largest absolute Gasteiger partial charge is 0.343 e. The molecule has 3 rings (SSSR count). The van der Waals surface area contributed by atoms with E-state index < -0.39 is 15.9 Å². The predicted octanol–water partition coefficient (Wildman–Crippen LogP) is 1.42. The molecular weight excluding hydrogens is 388 g/mol. The van der Waals surface area contributed by atoms with Gasteiger partial charge in [0.05, 0.1) is 17.5 Å². The smallest absolute Gasteiger partial charge is 0.304 e. The van der Waals surface area contributed by atoms with Crippen LogP contribution in [0.2, 0.25) is 0 Å². The zero-order valence-corrected chi connectivity index (χ0v) is 16.4. The van der Waals surface area contributed by atoms with Crippen LogP contribution in [0, 0.1) is 0 Å². The first-order chi connectivity index (χ1) is 12.9. The van der Waals surface area contributed by atoms with Crippen molar-refractivity contribution in [2.75, 3.05) is 16.4 Å². The molecule has 1 atom stereocenters. The molecule has 2 aromatic rings. The normalized spacial score (nSPS) is 17.9. The number of aromatic nitrogens is 3. The minimum Gasteiger partial charge on any atom is -0.304 e. The van der Waals surface area contributed by atoms with Gasteiger partial charge in [-0.2, -0.15) is 0 Å². The first-order valence-electron chi connectivity index (χ1n) is 8.47. The maximum Gasteiger partial charge on any atom is 0.343 e. The third kappa shape index (κ3) is 4.51. The summed E-state index contributed by atoms with van der Waals surface area (Å²) in [5.41, 5.74) is 0.319. The van der Waals surface area contributed by atoms with Gasteiger partial charge in [0.15, 0.2) is 15.0 Å². The Bertz CT molecular complexity index is 995. The Balaban J connectivity index is 1.80. The van der Waals surface area contributed by atoms with Gasteiger partial charge < -0.3 is 4.90 Å². The van der Waals surface area contributed by atoms with Gasteiger partial charge in [0.25, 0.3) is 0 Å². The lowest BCUT2D eigenvalue weighted by Gasteiger charge is -2.27. The molecule has 1 N–H and O–H groups in total. The lowest BCUT2D eigenvalue weighted by atomic mass is 10.2. The summed E-state index contributed by atoms with van der Waals surface area (Å²) in [5.74, 6) is -0.356. The van der Waals surface area contributed by atoms with Crippen molar-refractivity contribution >= 4 is 33.2 Å². The number of aromatic amines is 1. The van der Waals surface area contributed by atoms with E-state index in [0.717, 1.165) is 23.6 Å². The maximum atomic E-state index is 12.9. The molecule has 0 radical (unpaired) electrons. The maximum absolute atomic E-state index is 12.9. The molecule has 1 aromatic carbocycles. The zero-order chi connectivity index (χ0) is 19.4. The van der Waals surface area contributed by atoms with E-state index in [1.807, 2.05) is 13.0 Å². The van der Waals surface area contributed by atoms with Gasteiger partial charge in [0, 0.05) is 17.6 Å². The summed E-state index contributed by atoms with van der Waals surface area (Å²) < 4.78 is 25.1. The van der Waals surface area contributed by atoms with Gasteiger partial charge >= 0.3 is 5.69 Å². The number of nitrogens with one attached hydrogen (secondary N) is 1. The van der Waals surface area contributed by atoms with Crippen molar-refractivity contribution in [1.29, 1.82) is 0 Å². The highest BCUT2D eigenvalue weighted by Gasteiger charge is 2.31. The molecule has 1 aliphatic rings. The summed E-state index contributed by atoms with van der Waals surface area (Å²) in [5, 5.41) is 7.96. The van der Waals surface area contributed by atoms with Crippen LogP contribution >= 0.6 is 11.8 Å². The Kier molecular flexibility index (Phi) is 5.85. The van der Waals surface area contributed by atoms with Gasteiger partial charge in [-0.1, -0.05) is 36.9 Å². The number of hydrogen-bond acceptors (Lipinski definition) is 6. The Labute approximate surface area is 161 Å². The lowest BCUT2D eigenvalue weighted by molar-refractivity contribution is -0.116. The molecular formula is C17H20N4O4S2. The minimum absolute atomic E-state index is 0.0350. The van der Waals surface area contributed by atoms with E-state index in [-0.39, 0.29) is 23.1 Å². The van der Waals surface area contributed by atoms with Gasteiger partial charge in [-0.25, -0.2) is 18.3 Å². The first-order valence-corrected chi connectivity index (χ1v) is 11.2. The van der Waals surface area contributed by atoms with Crippen molar-refractivity contribution in [3.63, 3.8) is 0 Å². The third-order valence-corrected chi connectivity index (χ3v) is 6.38. The van der Waals surface area contributed by atoms with Gasteiger partial charge in [0.2, 0.25) is 5.91 Å². The molecule has 0 aliphatic carbocycles. The van der Waals surface area contributed by atoms with Gasteiger partial charge in [-0.05, 0) is 24.6 Å². The number of thioether (sulfide) groups is 1. The molecule has 27 heavy (non-hydrogen) atoms. The average molecular weight is 409 g/mol. The van der Waals surface area contributed by atoms with Crippen LogP contribution in [-0.4, -0.2) is 46.6 Å². The number of hydrogen-bond donors (Lipinski definition) is 1. The quantitative estimate of drug-likeness (QED) is 0.695. The Morgan fingerprint density at radius 2 is 2.11 bits per heavy atom. The van der Waals surface area contributed by atoms with E-state index >= 15 is 0 Å². The Hall–Kier alpha value is -2.33. The van der Waals surface area contributed by atoms with E-state index in [2.05, 4.69) is 10.2 Å². The fraction of sp³-hybridized carbons (Fsp3) is 0.353. The number of amides is 1. The van der Waals surface area contributed by atoms with E-state index in [4.69, 9.17) is 0 Å². The molecule has 144 valence electrons. The predicted molar refractivity (Wildman–Crippen MR) is 105 cm³/mol. The number of carbonyl (C=O) groups is 1. The number of H-pyrrole nitrogens is 1. The first kappa shape index (κ1) is 19.4. The number of rotatable bonds is 7. The zero-order valence-electron chi connectivity index (χ0n) is 14.7. The highest BCUT2D eigenvalue weighted by Crippen LogP contribution is 2.24. The third-order valence-electron chi connectivity index (χ3n) is 4.04. The average Bonchev–Trinajstić information content (AvgIpc) is 3.17. The fourth-order valence-electron chi connectivity index (χ4n) is 2.86. The van der Waals surface area contributed by atoms with E-state index in [1.54, 1.807) is 24.3 Å². The molecule has 0 saturated heterocycles. The van der Waals surface area contributed by atoms with Gasteiger partial charge in [-0.3, -0.25) is 9.36 Å². The van der Waals surface area contributed by atoms with Crippen LogP contribution in [0.4, 0.5) is 5.69 Å². The molecule has 0 spiro atoms. The summed E-state index contributed by atoms with van der Waals surface area (Å²) >= 11 is 1.15. The molecule has 0 fully saturated rings. The van der Waals surface area contributed by atoms with E-state index in [1.165, 1.54) is 15.5 Å². The molecule has 1 aliphatic heterocycles. The van der Waals surface area contributed by atoms with Crippen molar-refractivity contribution in [3.8, 4) is 0 Å². The standard InChI is InChI=1S/C17H20N4O4S2/c1-2-9-20-16(23)18-19-17(20)26-11-15(22)21(13-6-4-3-5-7-13)14-8-10-27(24,25)12-14/h3-8,10,14H,2,9,11-12H2,1H3,(H,18,23)/t14-/m1/s1. The molecule has 1 amide bonds. The second kappa shape index (κ2) is 8.13. The van der Waals surface area contributed by atoms with Crippen molar-refractivity contribution in [1.82, 2.24) is 14.8 Å². The summed E-state index contributed by atoms with van der Waals surface area (Å²) in [7, 11) is -3.30. The van der Waals surface area contributed by atoms with Crippen molar-refractivity contribution in [3.05, 3.63) is 52.3 Å². The molecule has 10 heteroatoms. The molecule has 8 nitrogen and oxygen atoms in total. The van der Waals surface area contributed by atoms with Crippen molar-refractivity contribution in [2.45, 2.75) is 31.1 Å². The molecule has 2 heterocycles. The monoisotopic (exact) mass is 408 g/mol. The topological polar surface area (TPSA) is 105 Å². The van der Waals surface area contributed by atoms with Gasteiger partial charge in [-0.15, -0.1) is 5.10 Å². The summed E-state index contributed by atoms with van der Waals surface area (Å²) in [6, 6.07) is 8.40. The Morgan fingerprint density at radius 3 is 2.74 bits per heavy atom. The number of nitrogens with zero attached hydrogens (tertiary/aromatic N) is 3. The molecule has 0 bridgehead atoms. The number of para-hydroxylation sites is 1. The summed E-state index contributed by atoms with van der Waals surface area (Å²) in [4.78, 5) is 26.2. The second-order valence-corrected chi connectivity index (χ2v) is 8.95. The van der Waals surface area contributed by atoms with Crippen molar-refractivity contribution < 1.29 is 13.2 Å². The molecule has 0 unspecified atom stereocenters. The van der Waals surface area contributed by atoms with Crippen LogP contribution in [0.5, 0.6) is 0 Å². The lowest BCUT2D eigenvalue weighted by Crippen LogP contribution is -2.42. The van der Waals surface area contributed by atoms with E-state index in [9.17, 15) is 18.0 Å². The van der Waals surface area contributed by atoms with Crippen molar-refractivity contribution in [2.24, 2.45) is 0 Å². The SMILES string of the molecule is CCCn1c(SCC(=O)N(c2ccccc2)[C@@H]2C=CS(=O)(=O)C2)n[nH]c1=O. The second-order valence-electron chi connectivity index (χ2n) is 6.08. The number of carbonyl (C=O) groups excluding carboxylic acids is 1. The van der Waals surface area contributed by atoms with E-state index in [0.29, 0.717) is 17.4 Å². The number of anilines is 1. The summed E-state index contributed by atoms with van der Waals surface area (Å²) in [6.07, 6.45) is 2.30. The van der Waals surface area contributed by atoms with Crippen LogP contribution in [0.25, 0.3) is 0 Å². The van der Waals surface area contributed by atoms with Crippen LogP contribution in [0.3, 0.4) is 0 Å². The highest BCUT2D eigenvalue weighted by molar-refractivity contribution is 7.99. The number of sulfone groups is 1. The fourth-order valence-corrected chi connectivity index (χ4v) is 4.96. The highest BCUT2D eigenvalue weighted by atomic mass is 32.2. The van der Waals surface area contributed by atoms with Crippen LogP contribution in [-0.2, 0) is 21.2 Å². The summed E-state index contributed by atoms with van der Waals surface area (Å²) in [6.45, 7) is 2.46.